The molecule has 1 aliphatic rings. The molecule has 0 saturated carbocycles. The third-order valence-electron chi connectivity index (χ3n) is 4.93. The SMILES string of the molecule is Fc1c(NCc2cccs2)ncnc1N1CCCC1c1ccc(C(F)(F)F)cc1. The number of anilines is 2. The van der Waals surface area contributed by atoms with Gasteiger partial charge in [-0.25, -0.2) is 9.97 Å². The standard InChI is InChI=1S/C20H18F4N4S/c21-17-18(25-11-15-3-2-10-29-15)26-12-27-19(17)28-9-1-4-16(28)13-5-7-14(8-6-13)20(22,23)24/h2-3,5-8,10,12,16H,1,4,9,11H2,(H,25,26,27). The maximum absolute atomic E-state index is 15.1. The van der Waals surface area contributed by atoms with Crippen LogP contribution in [0.15, 0.2) is 48.1 Å². The van der Waals surface area contributed by atoms with Gasteiger partial charge in [0, 0.05) is 11.4 Å². The van der Waals surface area contributed by atoms with Gasteiger partial charge in [0.05, 0.1) is 18.2 Å². The van der Waals surface area contributed by atoms with Crippen molar-refractivity contribution in [2.24, 2.45) is 0 Å². The van der Waals surface area contributed by atoms with Crippen molar-refractivity contribution < 1.29 is 17.6 Å². The highest BCUT2D eigenvalue weighted by Gasteiger charge is 2.33. The van der Waals surface area contributed by atoms with Gasteiger partial charge in [0.25, 0.3) is 0 Å². The zero-order valence-electron chi connectivity index (χ0n) is 15.3. The van der Waals surface area contributed by atoms with Crippen molar-refractivity contribution in [2.75, 3.05) is 16.8 Å². The highest BCUT2D eigenvalue weighted by molar-refractivity contribution is 7.09. The lowest BCUT2D eigenvalue weighted by atomic mass is 10.0. The zero-order chi connectivity index (χ0) is 20.4. The Kier molecular flexibility index (Phi) is 5.40. The number of alkyl halides is 3. The fourth-order valence-electron chi connectivity index (χ4n) is 3.53. The Morgan fingerprint density at radius 1 is 1.14 bits per heavy atom. The number of benzene rings is 1. The Labute approximate surface area is 169 Å². The smallest absolute Gasteiger partial charge is 0.363 e. The summed E-state index contributed by atoms with van der Waals surface area (Å²) in [4.78, 5) is 11.0. The van der Waals surface area contributed by atoms with Gasteiger partial charge in [0.15, 0.2) is 11.6 Å². The molecule has 4 nitrogen and oxygen atoms in total. The molecule has 1 fully saturated rings. The van der Waals surface area contributed by atoms with Gasteiger partial charge in [-0.1, -0.05) is 18.2 Å². The van der Waals surface area contributed by atoms with Gasteiger partial charge in [-0.05, 0) is 42.0 Å². The molecule has 9 heteroatoms. The van der Waals surface area contributed by atoms with Gasteiger partial charge in [-0.15, -0.1) is 11.3 Å². The van der Waals surface area contributed by atoms with Crippen LogP contribution in [0, 0.1) is 5.82 Å². The summed E-state index contributed by atoms with van der Waals surface area (Å²) in [6, 6.07) is 8.68. The van der Waals surface area contributed by atoms with E-state index in [2.05, 4.69) is 15.3 Å². The van der Waals surface area contributed by atoms with Crippen LogP contribution < -0.4 is 10.2 Å². The van der Waals surface area contributed by atoms with Crippen molar-refractivity contribution in [1.29, 1.82) is 0 Å². The fourth-order valence-corrected chi connectivity index (χ4v) is 4.17. The average molecular weight is 422 g/mol. The minimum absolute atomic E-state index is 0.112. The molecule has 1 aromatic carbocycles. The minimum Gasteiger partial charge on any atom is -0.363 e. The number of nitrogens with zero attached hydrogens (tertiary/aromatic N) is 3. The monoisotopic (exact) mass is 422 g/mol. The first kappa shape index (κ1) is 19.6. The van der Waals surface area contributed by atoms with Crippen LogP contribution in [-0.4, -0.2) is 16.5 Å². The van der Waals surface area contributed by atoms with E-state index >= 15 is 4.39 Å². The molecule has 1 unspecified atom stereocenters. The summed E-state index contributed by atoms with van der Waals surface area (Å²) in [7, 11) is 0. The Morgan fingerprint density at radius 2 is 1.93 bits per heavy atom. The van der Waals surface area contributed by atoms with E-state index in [-0.39, 0.29) is 17.7 Å². The normalized spacial score (nSPS) is 17.0. The van der Waals surface area contributed by atoms with E-state index in [0.717, 1.165) is 23.4 Å². The summed E-state index contributed by atoms with van der Waals surface area (Å²) < 4.78 is 53.6. The van der Waals surface area contributed by atoms with E-state index in [4.69, 9.17) is 0 Å². The average Bonchev–Trinajstić information content (AvgIpc) is 3.39. The van der Waals surface area contributed by atoms with Crippen LogP contribution in [0.25, 0.3) is 0 Å². The number of hydrogen-bond acceptors (Lipinski definition) is 5. The quantitative estimate of drug-likeness (QED) is 0.540. The molecule has 3 heterocycles. The van der Waals surface area contributed by atoms with E-state index in [1.807, 2.05) is 17.5 Å². The zero-order valence-corrected chi connectivity index (χ0v) is 16.1. The summed E-state index contributed by atoms with van der Waals surface area (Å²) in [5.41, 5.74) is 0.0145. The van der Waals surface area contributed by atoms with Gasteiger partial charge >= 0.3 is 6.18 Å². The number of halogens is 4. The van der Waals surface area contributed by atoms with E-state index in [1.165, 1.54) is 18.5 Å². The van der Waals surface area contributed by atoms with Crippen molar-refractivity contribution in [3.63, 3.8) is 0 Å². The molecule has 1 atom stereocenters. The van der Waals surface area contributed by atoms with Crippen LogP contribution in [-0.2, 0) is 12.7 Å². The highest BCUT2D eigenvalue weighted by Crippen LogP contribution is 2.38. The van der Waals surface area contributed by atoms with Crippen LogP contribution in [0.2, 0.25) is 0 Å². The van der Waals surface area contributed by atoms with Crippen molar-refractivity contribution in [3.05, 3.63) is 69.9 Å². The topological polar surface area (TPSA) is 41.1 Å². The van der Waals surface area contributed by atoms with Gasteiger partial charge in [0.1, 0.15) is 6.33 Å². The van der Waals surface area contributed by atoms with Crippen LogP contribution in [0.4, 0.5) is 29.2 Å². The lowest BCUT2D eigenvalue weighted by Gasteiger charge is -2.27. The van der Waals surface area contributed by atoms with Gasteiger partial charge in [-0.3, -0.25) is 0 Å². The lowest BCUT2D eigenvalue weighted by Crippen LogP contribution is -2.25. The first-order chi connectivity index (χ1) is 13.9. The van der Waals surface area contributed by atoms with E-state index in [1.54, 1.807) is 16.2 Å². The second-order valence-electron chi connectivity index (χ2n) is 6.76. The van der Waals surface area contributed by atoms with E-state index in [9.17, 15) is 13.2 Å². The van der Waals surface area contributed by atoms with Crippen molar-refractivity contribution in [3.8, 4) is 0 Å². The Hall–Kier alpha value is -2.68. The minimum atomic E-state index is -4.38. The third-order valence-corrected chi connectivity index (χ3v) is 5.81. The lowest BCUT2D eigenvalue weighted by molar-refractivity contribution is -0.137. The summed E-state index contributed by atoms with van der Waals surface area (Å²) in [5, 5.41) is 4.93. The van der Waals surface area contributed by atoms with Crippen LogP contribution in [0.5, 0.6) is 0 Å². The van der Waals surface area contributed by atoms with Gasteiger partial charge < -0.3 is 10.2 Å². The highest BCUT2D eigenvalue weighted by atomic mass is 32.1. The summed E-state index contributed by atoms with van der Waals surface area (Å²) >= 11 is 1.56. The van der Waals surface area contributed by atoms with Crippen molar-refractivity contribution in [1.82, 2.24) is 9.97 Å². The van der Waals surface area contributed by atoms with E-state index in [0.29, 0.717) is 25.1 Å². The molecule has 2 aromatic heterocycles. The predicted octanol–water partition coefficient (Wildman–Crippen LogP) is 5.65. The first-order valence-electron chi connectivity index (χ1n) is 9.14. The van der Waals surface area contributed by atoms with Gasteiger partial charge in [0.2, 0.25) is 5.82 Å². The Balaban J connectivity index is 1.56. The molecule has 4 rings (SSSR count). The maximum Gasteiger partial charge on any atom is 0.416 e. The maximum atomic E-state index is 15.1. The Morgan fingerprint density at radius 3 is 2.62 bits per heavy atom. The van der Waals surface area contributed by atoms with Crippen LogP contribution in [0.1, 0.15) is 34.9 Å². The second-order valence-corrected chi connectivity index (χ2v) is 7.80. The first-order valence-corrected chi connectivity index (χ1v) is 10.0. The van der Waals surface area contributed by atoms with Crippen molar-refractivity contribution in [2.45, 2.75) is 31.6 Å². The van der Waals surface area contributed by atoms with E-state index < -0.39 is 17.6 Å². The largest absolute Gasteiger partial charge is 0.416 e. The molecule has 0 aliphatic carbocycles. The molecule has 1 saturated heterocycles. The molecule has 29 heavy (non-hydrogen) atoms. The molecule has 3 aromatic rings. The number of aromatic nitrogens is 2. The molecule has 0 radical (unpaired) electrons. The summed E-state index contributed by atoms with van der Waals surface area (Å²) in [6.07, 6.45) is -1.56. The number of thiophene rings is 1. The molecule has 0 amide bonds. The molecular weight excluding hydrogens is 404 g/mol. The predicted molar refractivity (Wildman–Crippen MR) is 104 cm³/mol. The molecular formula is C20H18F4N4S. The van der Waals surface area contributed by atoms with Crippen LogP contribution in [0.3, 0.4) is 0 Å². The van der Waals surface area contributed by atoms with Crippen molar-refractivity contribution >= 4 is 23.0 Å². The molecule has 0 spiro atoms. The Bertz CT molecular complexity index is 958. The third kappa shape index (κ3) is 4.19. The number of hydrogen-bond donors (Lipinski definition) is 1. The number of rotatable bonds is 5. The summed E-state index contributed by atoms with van der Waals surface area (Å²) in [6.45, 7) is 1.03. The molecule has 1 N–H and O–H groups in total. The molecule has 152 valence electrons. The fraction of sp³-hybridized carbons (Fsp3) is 0.300. The second kappa shape index (κ2) is 7.98. The summed E-state index contributed by atoms with van der Waals surface area (Å²) in [5.74, 6) is -0.277. The molecule has 0 bridgehead atoms. The molecule has 1 aliphatic heterocycles. The van der Waals surface area contributed by atoms with Gasteiger partial charge in [-0.2, -0.15) is 17.6 Å². The van der Waals surface area contributed by atoms with Crippen LogP contribution >= 0.6 is 11.3 Å². The number of nitrogens with one attached hydrogen (secondary N) is 1.